The lowest BCUT2D eigenvalue weighted by atomic mass is 9.97. The molecule has 1 aromatic heterocycles. The number of hydrogen-bond acceptors (Lipinski definition) is 7. The normalized spacial score (nSPS) is 14.4. The van der Waals surface area contributed by atoms with E-state index in [1.54, 1.807) is 38.1 Å². The third-order valence-corrected chi connectivity index (χ3v) is 8.02. The van der Waals surface area contributed by atoms with Crippen molar-refractivity contribution in [2.75, 3.05) is 18.9 Å². The number of carbonyl (C=O) groups is 2. The molecule has 0 aliphatic carbocycles. The number of halogens is 2. The molecule has 0 saturated heterocycles. The Balaban J connectivity index is 2.00. The van der Waals surface area contributed by atoms with Gasteiger partial charge in [-0.15, -0.1) is 11.3 Å². The fraction of sp³-hybridized carbons (Fsp3) is 0.148. The van der Waals surface area contributed by atoms with Crippen LogP contribution in [0.2, 0.25) is 10.0 Å². The highest BCUT2D eigenvalue weighted by atomic mass is 35.5. The smallest absolute Gasteiger partial charge is 0.346 e. The van der Waals surface area contributed by atoms with E-state index in [1.165, 1.54) is 23.1 Å². The second kappa shape index (κ2) is 11.6. The van der Waals surface area contributed by atoms with Crippen molar-refractivity contribution in [3.63, 3.8) is 0 Å². The van der Waals surface area contributed by atoms with Crippen LogP contribution in [0.4, 0.5) is 5.00 Å². The number of nitrogens with two attached hydrogens (primary N) is 2. The second-order valence-corrected chi connectivity index (χ2v) is 10.7. The number of anilines is 1. The predicted octanol–water partition coefficient (Wildman–Crippen LogP) is 5.74. The van der Waals surface area contributed by atoms with E-state index in [-0.39, 0.29) is 34.4 Å². The summed E-state index contributed by atoms with van der Waals surface area (Å²) >= 11 is 15.5. The molecular weight excluding hydrogens is 551 g/mol. The molecule has 1 aliphatic rings. The molecule has 0 atom stereocenters. The molecule has 37 heavy (non-hydrogen) atoms. The highest BCUT2D eigenvalue weighted by molar-refractivity contribution is 8.18. The second-order valence-electron chi connectivity index (χ2n) is 7.71. The third kappa shape index (κ3) is 5.33. The molecule has 4 N–H and O–H groups in total. The first-order chi connectivity index (χ1) is 17.8. The number of thioether (sulfide) groups is 1. The maximum atomic E-state index is 12.9. The van der Waals surface area contributed by atoms with Crippen LogP contribution in [0.15, 0.2) is 59.0 Å². The number of esters is 2. The van der Waals surface area contributed by atoms with E-state index in [1.807, 2.05) is 30.3 Å². The minimum atomic E-state index is -0.546. The van der Waals surface area contributed by atoms with Gasteiger partial charge in [-0.05, 0) is 43.8 Å². The number of allylic oxidation sites excluding steroid dienone is 1. The molecule has 0 fully saturated rings. The zero-order valence-corrected chi connectivity index (χ0v) is 23.1. The molecule has 4 rings (SSSR count). The summed E-state index contributed by atoms with van der Waals surface area (Å²) in [7, 11) is 0. The summed E-state index contributed by atoms with van der Waals surface area (Å²) in [5.74, 6) is -1.09. The Labute approximate surface area is 232 Å². The van der Waals surface area contributed by atoms with Crippen LogP contribution in [-0.4, -0.2) is 30.2 Å². The standard InChI is InChI=1S/C27H22Cl2N2O4S2/c1-3-34-26(32)22-20(14-9-5-7-11-16(14)28)18(36-24(22)30)13-19-21(15-10-6-8-12-17(15)29)23(25(31)37-19)27(33)35-4-2/h5-13,30H,3-4,31H2,1-2H3/p+1/b18-13-,30-24?. The first kappa shape index (κ1) is 27.0. The molecule has 190 valence electrons. The van der Waals surface area contributed by atoms with Crippen molar-refractivity contribution in [2.45, 2.75) is 13.8 Å². The maximum Gasteiger partial charge on any atom is 0.346 e. The molecular formula is C27H23Cl2N2O4S2+. The van der Waals surface area contributed by atoms with Crippen molar-refractivity contribution in [1.82, 2.24) is 0 Å². The quantitative estimate of drug-likeness (QED) is 0.349. The minimum Gasteiger partial charge on any atom is -0.462 e. The number of rotatable bonds is 7. The Kier molecular flexibility index (Phi) is 8.44. The summed E-state index contributed by atoms with van der Waals surface area (Å²) in [4.78, 5) is 27.2. The lowest BCUT2D eigenvalue weighted by Gasteiger charge is -2.11. The number of thiophene rings is 1. The van der Waals surface area contributed by atoms with Gasteiger partial charge >= 0.3 is 11.9 Å². The molecule has 0 spiro atoms. The molecule has 0 bridgehead atoms. The number of nitrogen functional groups attached to an aromatic ring is 1. The van der Waals surface area contributed by atoms with Crippen molar-refractivity contribution in [2.24, 2.45) is 0 Å². The Morgan fingerprint density at radius 1 is 0.946 bits per heavy atom. The van der Waals surface area contributed by atoms with Crippen LogP contribution in [0.5, 0.6) is 0 Å². The van der Waals surface area contributed by atoms with E-state index >= 15 is 0 Å². The van der Waals surface area contributed by atoms with Gasteiger partial charge in [-0.1, -0.05) is 59.6 Å². The van der Waals surface area contributed by atoms with Crippen molar-refractivity contribution in [3.8, 4) is 11.1 Å². The molecule has 10 heteroatoms. The van der Waals surface area contributed by atoms with Gasteiger partial charge in [0, 0.05) is 42.1 Å². The summed E-state index contributed by atoms with van der Waals surface area (Å²) < 4.78 is 10.6. The first-order valence-electron chi connectivity index (χ1n) is 11.3. The monoisotopic (exact) mass is 573 g/mol. The molecule has 0 saturated carbocycles. The van der Waals surface area contributed by atoms with Crippen LogP contribution in [0, 0.1) is 0 Å². The minimum absolute atomic E-state index is 0.191. The number of ether oxygens (including phenoxy) is 2. The molecule has 6 nitrogen and oxygen atoms in total. The van der Waals surface area contributed by atoms with Crippen LogP contribution in [0.25, 0.3) is 22.8 Å². The van der Waals surface area contributed by atoms with Crippen LogP contribution in [0.3, 0.4) is 0 Å². The van der Waals surface area contributed by atoms with Crippen molar-refractivity contribution < 1.29 is 24.5 Å². The van der Waals surface area contributed by atoms with Gasteiger partial charge in [-0.3, -0.25) is 0 Å². The lowest BCUT2D eigenvalue weighted by molar-refractivity contribution is -0.139. The highest BCUT2D eigenvalue weighted by Crippen LogP contribution is 2.49. The summed E-state index contributed by atoms with van der Waals surface area (Å²) in [6, 6.07) is 14.3. The van der Waals surface area contributed by atoms with Gasteiger partial charge in [-0.2, -0.15) is 0 Å². The summed E-state index contributed by atoms with van der Waals surface area (Å²) in [6.07, 6.45) is 1.84. The average Bonchev–Trinajstić information content (AvgIpc) is 3.35. The van der Waals surface area contributed by atoms with E-state index in [2.05, 4.69) is 0 Å². The van der Waals surface area contributed by atoms with Gasteiger partial charge < -0.3 is 15.2 Å². The first-order valence-corrected chi connectivity index (χ1v) is 13.7. The molecule has 2 aromatic carbocycles. The van der Waals surface area contributed by atoms with Crippen LogP contribution in [0.1, 0.15) is 34.6 Å². The lowest BCUT2D eigenvalue weighted by Crippen LogP contribution is -2.39. The zero-order chi connectivity index (χ0) is 26.7. The highest BCUT2D eigenvalue weighted by Gasteiger charge is 2.38. The van der Waals surface area contributed by atoms with E-state index in [0.29, 0.717) is 42.1 Å². The van der Waals surface area contributed by atoms with Crippen LogP contribution in [-0.2, 0) is 14.3 Å². The van der Waals surface area contributed by atoms with Crippen LogP contribution < -0.4 is 11.1 Å². The Morgan fingerprint density at radius 3 is 2.11 bits per heavy atom. The summed E-state index contributed by atoms with van der Waals surface area (Å²) in [6.45, 7) is 3.83. The van der Waals surface area contributed by atoms with E-state index in [4.69, 9.17) is 43.8 Å². The van der Waals surface area contributed by atoms with Gasteiger partial charge in [0.05, 0.1) is 13.2 Å². The zero-order valence-electron chi connectivity index (χ0n) is 20.0. The summed E-state index contributed by atoms with van der Waals surface area (Å²) in [5.41, 5.74) is 9.16. The topological polar surface area (TPSA) is 104 Å². The molecule has 2 heterocycles. The number of benzene rings is 2. The third-order valence-electron chi connectivity index (χ3n) is 5.43. The summed E-state index contributed by atoms with van der Waals surface area (Å²) in [5, 5.41) is 7.82. The largest absolute Gasteiger partial charge is 0.462 e. The Hall–Kier alpha value is -3.04. The van der Waals surface area contributed by atoms with Gasteiger partial charge in [0.2, 0.25) is 0 Å². The van der Waals surface area contributed by atoms with Crippen molar-refractivity contribution in [1.29, 1.82) is 0 Å². The van der Waals surface area contributed by atoms with Crippen molar-refractivity contribution >= 4 is 79.9 Å². The molecule has 0 amide bonds. The Morgan fingerprint density at radius 2 is 1.51 bits per heavy atom. The SMILES string of the molecule is CCOC(=O)C1=C(c2ccccc2Cl)/C(=C/c2sc(N)c(C(=O)OCC)c2-c2ccccc2Cl)SC1=[NH2+]. The van der Waals surface area contributed by atoms with Gasteiger partial charge in [0.1, 0.15) is 16.1 Å². The maximum absolute atomic E-state index is 12.9. The number of carbonyl (C=O) groups excluding carboxylic acids is 2. The van der Waals surface area contributed by atoms with Gasteiger partial charge in [0.15, 0.2) is 0 Å². The molecule has 0 radical (unpaired) electrons. The van der Waals surface area contributed by atoms with Crippen molar-refractivity contribution in [3.05, 3.63) is 85.1 Å². The number of hydrogen-bond donors (Lipinski definition) is 2. The predicted molar refractivity (Wildman–Crippen MR) is 153 cm³/mol. The van der Waals surface area contributed by atoms with E-state index in [0.717, 1.165) is 0 Å². The molecule has 0 unspecified atom stereocenters. The van der Waals surface area contributed by atoms with E-state index in [9.17, 15) is 9.59 Å². The van der Waals surface area contributed by atoms with Gasteiger partial charge in [0.25, 0.3) is 5.04 Å². The van der Waals surface area contributed by atoms with Gasteiger partial charge in [-0.25, -0.2) is 15.0 Å². The average molecular weight is 575 g/mol. The molecule has 3 aromatic rings. The fourth-order valence-corrected chi connectivity index (χ4v) is 6.50. The van der Waals surface area contributed by atoms with E-state index < -0.39 is 11.9 Å². The molecule has 1 aliphatic heterocycles. The Bertz CT molecular complexity index is 1480. The van der Waals surface area contributed by atoms with Crippen LogP contribution >= 0.6 is 46.3 Å². The fourth-order valence-electron chi connectivity index (χ4n) is 3.93.